The predicted molar refractivity (Wildman–Crippen MR) is 139 cm³/mol. The Hall–Kier alpha value is -2.03. The Morgan fingerprint density at radius 1 is 0.719 bits per heavy atom. The molecule has 32 heavy (non-hydrogen) atoms. The number of allylic oxidation sites excluding steroid dienone is 9. The van der Waals surface area contributed by atoms with Gasteiger partial charge in [0.05, 0.1) is 5.76 Å². The van der Waals surface area contributed by atoms with Crippen LogP contribution in [0.4, 0.5) is 0 Å². The van der Waals surface area contributed by atoms with Gasteiger partial charge < -0.3 is 10.2 Å². The Balaban J connectivity index is 5.06. The lowest BCUT2D eigenvalue weighted by Crippen LogP contribution is -2.12. The maximum Gasteiger partial charge on any atom is 0.303 e. The molecule has 3 nitrogen and oxygen atoms in total. The van der Waals surface area contributed by atoms with Crippen molar-refractivity contribution in [2.24, 2.45) is 11.8 Å². The second-order valence-electron chi connectivity index (χ2n) is 8.69. The summed E-state index contributed by atoms with van der Waals surface area (Å²) in [6.07, 6.45) is 31.5. The first-order valence-electron chi connectivity index (χ1n) is 12.8. The number of unbranched alkanes of at least 4 members (excludes halogenated alkanes) is 6. The minimum Gasteiger partial charge on any atom is -0.513 e. The summed E-state index contributed by atoms with van der Waals surface area (Å²) >= 11 is 0. The molecular weight excluding hydrogens is 396 g/mol. The van der Waals surface area contributed by atoms with Crippen LogP contribution in [-0.2, 0) is 4.79 Å². The lowest BCUT2D eigenvalue weighted by molar-refractivity contribution is -0.137. The Bertz CT molecular complexity index is 583. The van der Waals surface area contributed by atoms with Gasteiger partial charge in [0.1, 0.15) is 0 Å². The van der Waals surface area contributed by atoms with Gasteiger partial charge in [-0.3, -0.25) is 4.79 Å². The SMILES string of the molecule is C=C(O)CCC/C=C/C=C/[C@@H](CCCCC)[C@H](/C=C/C=C/CCCCC)CCCC(=O)O. The maximum absolute atomic E-state index is 11.0. The first-order chi connectivity index (χ1) is 15.5. The summed E-state index contributed by atoms with van der Waals surface area (Å²) in [4.78, 5) is 11.0. The van der Waals surface area contributed by atoms with Gasteiger partial charge in [-0.1, -0.05) is 101 Å². The fraction of sp³-hybridized carbons (Fsp3) is 0.621. The number of aliphatic carboxylic acids is 1. The molecule has 0 aliphatic carbocycles. The summed E-state index contributed by atoms with van der Waals surface area (Å²) in [7, 11) is 0. The molecule has 0 aliphatic heterocycles. The molecule has 0 spiro atoms. The molecule has 0 unspecified atom stereocenters. The highest BCUT2D eigenvalue weighted by atomic mass is 16.4. The van der Waals surface area contributed by atoms with Crippen LogP contribution in [0.2, 0.25) is 0 Å². The molecule has 0 saturated carbocycles. The van der Waals surface area contributed by atoms with Crippen LogP contribution in [0.15, 0.2) is 60.9 Å². The third-order valence-electron chi connectivity index (χ3n) is 5.64. The molecule has 2 atom stereocenters. The number of hydrogen-bond donors (Lipinski definition) is 2. The van der Waals surface area contributed by atoms with Gasteiger partial charge in [-0.15, -0.1) is 0 Å². The maximum atomic E-state index is 11.0. The van der Waals surface area contributed by atoms with Gasteiger partial charge in [-0.2, -0.15) is 0 Å². The smallest absolute Gasteiger partial charge is 0.303 e. The van der Waals surface area contributed by atoms with Crippen molar-refractivity contribution in [3.05, 3.63) is 60.9 Å². The van der Waals surface area contributed by atoms with Crippen LogP contribution in [-0.4, -0.2) is 16.2 Å². The fourth-order valence-electron chi connectivity index (χ4n) is 3.72. The number of carboxylic acids is 1. The van der Waals surface area contributed by atoms with E-state index in [1.807, 2.05) is 0 Å². The average Bonchev–Trinajstić information content (AvgIpc) is 2.75. The highest BCUT2D eigenvalue weighted by Crippen LogP contribution is 2.27. The van der Waals surface area contributed by atoms with E-state index >= 15 is 0 Å². The van der Waals surface area contributed by atoms with Gasteiger partial charge >= 0.3 is 5.97 Å². The standard InChI is InChI=1S/C29H48O3/c1-4-6-8-9-10-13-17-23-28(24-19-25-29(31)32)27(21-15-7-5-2)22-18-14-11-12-16-20-26(3)30/h10-11,13-14,17-18,22-23,27-28,30H,3-9,12,15-16,19-21,24-25H2,1-2H3,(H,31,32)/b13-10+,14-11+,22-18+,23-17+/t27-,28-/m1/s1. The van der Waals surface area contributed by atoms with E-state index in [1.165, 1.54) is 38.5 Å². The van der Waals surface area contributed by atoms with Gasteiger partial charge in [-0.25, -0.2) is 0 Å². The molecule has 0 heterocycles. The van der Waals surface area contributed by atoms with Crippen LogP contribution in [0.3, 0.4) is 0 Å². The van der Waals surface area contributed by atoms with Crippen LogP contribution in [0, 0.1) is 11.8 Å². The van der Waals surface area contributed by atoms with E-state index in [-0.39, 0.29) is 12.2 Å². The van der Waals surface area contributed by atoms with Gasteiger partial charge in [-0.05, 0) is 56.8 Å². The number of carboxylic acid groups (broad SMARTS) is 1. The van der Waals surface area contributed by atoms with Crippen molar-refractivity contribution in [3.63, 3.8) is 0 Å². The van der Waals surface area contributed by atoms with Crippen LogP contribution in [0.5, 0.6) is 0 Å². The monoisotopic (exact) mass is 444 g/mol. The zero-order chi connectivity index (χ0) is 23.9. The topological polar surface area (TPSA) is 57.5 Å². The van der Waals surface area contributed by atoms with Crippen molar-refractivity contribution >= 4 is 5.97 Å². The van der Waals surface area contributed by atoms with Crippen molar-refractivity contribution < 1.29 is 15.0 Å². The van der Waals surface area contributed by atoms with E-state index in [0.717, 1.165) is 32.1 Å². The molecule has 0 aromatic carbocycles. The second kappa shape index (κ2) is 22.2. The Labute approximate surface area is 197 Å². The van der Waals surface area contributed by atoms with Crippen molar-refractivity contribution in [3.8, 4) is 0 Å². The van der Waals surface area contributed by atoms with Crippen molar-refractivity contribution in [1.29, 1.82) is 0 Å². The van der Waals surface area contributed by atoms with Crippen LogP contribution < -0.4 is 0 Å². The molecular formula is C29H48O3. The number of hydrogen-bond acceptors (Lipinski definition) is 2. The summed E-state index contributed by atoms with van der Waals surface area (Å²) < 4.78 is 0. The van der Waals surface area contributed by atoms with E-state index in [2.05, 4.69) is 69.0 Å². The third kappa shape index (κ3) is 19.9. The zero-order valence-electron chi connectivity index (χ0n) is 20.7. The second-order valence-corrected chi connectivity index (χ2v) is 8.69. The van der Waals surface area contributed by atoms with E-state index < -0.39 is 5.97 Å². The van der Waals surface area contributed by atoms with E-state index in [4.69, 9.17) is 10.2 Å². The van der Waals surface area contributed by atoms with Crippen LogP contribution in [0.1, 0.15) is 104 Å². The molecule has 2 N–H and O–H groups in total. The van der Waals surface area contributed by atoms with E-state index in [0.29, 0.717) is 24.7 Å². The molecule has 0 fully saturated rings. The highest BCUT2D eigenvalue weighted by molar-refractivity contribution is 5.66. The Morgan fingerprint density at radius 2 is 1.25 bits per heavy atom. The molecule has 0 aliphatic rings. The molecule has 0 aromatic rings. The van der Waals surface area contributed by atoms with Gasteiger partial charge in [0.15, 0.2) is 0 Å². The molecule has 0 aromatic heterocycles. The predicted octanol–water partition coefficient (Wildman–Crippen LogP) is 9.10. The van der Waals surface area contributed by atoms with Gasteiger partial charge in [0, 0.05) is 12.8 Å². The first kappa shape index (κ1) is 30.0. The zero-order valence-corrected chi connectivity index (χ0v) is 20.7. The summed E-state index contributed by atoms with van der Waals surface area (Å²) in [5.41, 5.74) is 0. The molecule has 0 bridgehead atoms. The first-order valence-corrected chi connectivity index (χ1v) is 12.8. The number of aliphatic hydroxyl groups excluding tert-OH is 1. The van der Waals surface area contributed by atoms with Crippen molar-refractivity contribution in [1.82, 2.24) is 0 Å². The lowest BCUT2D eigenvalue weighted by Gasteiger charge is -2.22. The number of carbonyl (C=O) groups is 1. The molecule has 0 radical (unpaired) electrons. The minimum atomic E-state index is -0.713. The molecule has 3 heteroatoms. The van der Waals surface area contributed by atoms with Crippen molar-refractivity contribution in [2.75, 3.05) is 0 Å². The van der Waals surface area contributed by atoms with E-state index in [1.54, 1.807) is 0 Å². The number of rotatable bonds is 21. The van der Waals surface area contributed by atoms with E-state index in [9.17, 15) is 4.79 Å². The molecule has 0 saturated heterocycles. The molecule has 0 rings (SSSR count). The summed E-state index contributed by atoms with van der Waals surface area (Å²) in [6, 6.07) is 0. The summed E-state index contributed by atoms with van der Waals surface area (Å²) in [5, 5.41) is 18.2. The van der Waals surface area contributed by atoms with Crippen LogP contribution >= 0.6 is 0 Å². The number of aliphatic hydroxyl groups is 1. The van der Waals surface area contributed by atoms with Gasteiger partial charge in [0.25, 0.3) is 0 Å². The lowest BCUT2D eigenvalue weighted by atomic mass is 9.83. The third-order valence-corrected chi connectivity index (χ3v) is 5.64. The highest BCUT2D eigenvalue weighted by Gasteiger charge is 2.16. The van der Waals surface area contributed by atoms with Gasteiger partial charge in [0.2, 0.25) is 0 Å². The quantitative estimate of drug-likeness (QED) is 0.105. The average molecular weight is 445 g/mol. The summed E-state index contributed by atoms with van der Waals surface area (Å²) in [6.45, 7) is 7.97. The molecule has 182 valence electrons. The minimum absolute atomic E-state index is 0.235. The van der Waals surface area contributed by atoms with Crippen LogP contribution in [0.25, 0.3) is 0 Å². The normalized spacial score (nSPS) is 14.2. The largest absolute Gasteiger partial charge is 0.513 e. The molecule has 0 amide bonds. The summed E-state index contributed by atoms with van der Waals surface area (Å²) in [5.74, 6) is 0.311. The Morgan fingerprint density at radius 3 is 1.78 bits per heavy atom. The Kier molecular flexibility index (Phi) is 20.8. The van der Waals surface area contributed by atoms with Crippen molar-refractivity contribution in [2.45, 2.75) is 104 Å². The fourth-order valence-corrected chi connectivity index (χ4v) is 3.72.